The first-order valence-electron chi connectivity index (χ1n) is 11.2. The fraction of sp³-hybridized carbons (Fsp3) is 0.111. The van der Waals surface area contributed by atoms with Crippen molar-refractivity contribution >= 4 is 60.4 Å². The van der Waals surface area contributed by atoms with Gasteiger partial charge in [0, 0.05) is 21.6 Å². The Morgan fingerprint density at radius 1 is 0.921 bits per heavy atom. The summed E-state index contributed by atoms with van der Waals surface area (Å²) in [5, 5.41) is 3.64. The van der Waals surface area contributed by atoms with Gasteiger partial charge in [-0.25, -0.2) is 9.37 Å². The Balaban J connectivity index is 1.79. The van der Waals surface area contributed by atoms with E-state index in [-0.39, 0.29) is 17.9 Å². The van der Waals surface area contributed by atoms with E-state index in [2.05, 4.69) is 52.1 Å². The molecular weight excluding hydrogens is 652 g/mol. The monoisotopic (exact) mass is 666 g/mol. The molecule has 5 rings (SSSR count). The number of benzene rings is 3. The summed E-state index contributed by atoms with van der Waals surface area (Å²) in [6.07, 6.45) is -3.25. The fourth-order valence-electron chi connectivity index (χ4n) is 4.35. The van der Waals surface area contributed by atoms with Crippen LogP contribution in [0.5, 0.6) is 0 Å². The van der Waals surface area contributed by atoms with Crippen LogP contribution >= 0.6 is 43.5 Å². The molecule has 11 heteroatoms. The maximum absolute atomic E-state index is 14.8. The van der Waals surface area contributed by atoms with Crippen molar-refractivity contribution < 1.29 is 17.6 Å². The van der Waals surface area contributed by atoms with Crippen molar-refractivity contribution in [3.63, 3.8) is 0 Å². The minimum Gasteiger partial charge on any atom is -0.340 e. The van der Waals surface area contributed by atoms with Crippen LogP contribution in [0.4, 0.5) is 23.5 Å². The van der Waals surface area contributed by atoms with Crippen LogP contribution in [0.1, 0.15) is 22.4 Å². The Morgan fingerprint density at radius 2 is 1.66 bits per heavy atom. The van der Waals surface area contributed by atoms with E-state index in [9.17, 15) is 17.6 Å². The Bertz CT molecular complexity index is 1610. The van der Waals surface area contributed by atoms with Gasteiger partial charge in [-0.05, 0) is 69.5 Å². The third-order valence-corrected chi connectivity index (χ3v) is 7.32. The van der Waals surface area contributed by atoms with Gasteiger partial charge in [-0.15, -0.1) is 0 Å². The van der Waals surface area contributed by atoms with E-state index in [1.165, 1.54) is 6.20 Å². The second kappa shape index (κ2) is 10.3. The van der Waals surface area contributed by atoms with Crippen molar-refractivity contribution in [3.05, 3.63) is 121 Å². The molecule has 0 radical (unpaired) electrons. The van der Waals surface area contributed by atoms with Gasteiger partial charge in [-0.2, -0.15) is 13.2 Å². The normalized spacial score (nSPS) is 13.4. The van der Waals surface area contributed by atoms with Crippen LogP contribution in [0.15, 0.2) is 87.9 Å². The molecule has 2 aromatic heterocycles. The molecule has 0 spiro atoms. The Morgan fingerprint density at radius 3 is 2.34 bits per heavy atom. The number of nitrogens with one attached hydrogen (secondary N) is 2. The van der Waals surface area contributed by atoms with Gasteiger partial charge in [0.05, 0.1) is 21.8 Å². The topological polar surface area (TPSA) is 53.6 Å². The van der Waals surface area contributed by atoms with Crippen molar-refractivity contribution in [1.29, 1.82) is 0 Å². The summed E-state index contributed by atoms with van der Waals surface area (Å²) >= 11 is 13.0. The predicted molar refractivity (Wildman–Crippen MR) is 147 cm³/mol. The summed E-state index contributed by atoms with van der Waals surface area (Å²) in [5.74, 6) is -0.774. The van der Waals surface area contributed by atoms with E-state index in [0.29, 0.717) is 32.3 Å². The van der Waals surface area contributed by atoms with Gasteiger partial charge in [0.25, 0.3) is 0 Å². The Labute approximate surface area is 236 Å². The largest absolute Gasteiger partial charge is 0.416 e. The minimum atomic E-state index is -4.76. The molecule has 0 saturated carbocycles. The van der Waals surface area contributed by atoms with Crippen molar-refractivity contribution in [3.8, 4) is 0 Å². The molecular formula is C27H17Br2ClF4N4. The van der Waals surface area contributed by atoms with Crippen molar-refractivity contribution in [2.75, 3.05) is 5.32 Å². The lowest BCUT2D eigenvalue weighted by Gasteiger charge is -2.36. The zero-order valence-corrected chi connectivity index (χ0v) is 23.2. The number of aromatic amines is 1. The number of hydrogen-bond donors (Lipinski definition) is 2. The second-order valence-electron chi connectivity index (χ2n) is 8.65. The summed E-state index contributed by atoms with van der Waals surface area (Å²) in [6.45, 7) is 0. The maximum Gasteiger partial charge on any atom is 0.416 e. The molecule has 2 heterocycles. The molecule has 0 amide bonds. The first-order chi connectivity index (χ1) is 18.0. The highest BCUT2D eigenvalue weighted by Crippen LogP contribution is 2.40. The molecule has 0 fully saturated rings. The Kier molecular flexibility index (Phi) is 7.23. The molecule has 0 unspecified atom stereocenters. The number of hydrogen-bond acceptors (Lipinski definition) is 3. The molecule has 5 aromatic rings. The maximum atomic E-state index is 14.8. The zero-order valence-electron chi connectivity index (χ0n) is 19.3. The van der Waals surface area contributed by atoms with E-state index in [0.717, 1.165) is 22.2 Å². The van der Waals surface area contributed by atoms with Gasteiger partial charge in [0.2, 0.25) is 5.95 Å². The van der Waals surface area contributed by atoms with Crippen LogP contribution < -0.4 is 5.32 Å². The highest BCUT2D eigenvalue weighted by Gasteiger charge is 2.40. The molecule has 0 aliphatic rings. The molecule has 38 heavy (non-hydrogen) atoms. The molecule has 194 valence electrons. The van der Waals surface area contributed by atoms with Crippen LogP contribution in [0, 0.1) is 5.82 Å². The SMILES string of the molecule is Fc1cc(C(F)(F)F)cc([C@@](Cc2ccccc2)(Nc2nc3c(Br)cc(Br)cc3[nH]2)c2ccc(Cl)cn2)c1. The Hall–Kier alpha value is -2.95. The number of nitrogens with zero attached hydrogens (tertiary/aromatic N) is 2. The van der Waals surface area contributed by atoms with Gasteiger partial charge in [0.1, 0.15) is 16.9 Å². The van der Waals surface area contributed by atoms with Crippen molar-refractivity contribution in [1.82, 2.24) is 15.0 Å². The number of pyridine rings is 1. The molecule has 1 atom stereocenters. The lowest BCUT2D eigenvalue weighted by atomic mass is 9.80. The highest BCUT2D eigenvalue weighted by molar-refractivity contribution is 9.11. The molecule has 3 aromatic carbocycles. The summed E-state index contributed by atoms with van der Waals surface area (Å²) in [6, 6.07) is 18.5. The summed E-state index contributed by atoms with van der Waals surface area (Å²) < 4.78 is 57.8. The average molecular weight is 669 g/mol. The number of alkyl halides is 3. The molecule has 0 aliphatic carbocycles. The van der Waals surface area contributed by atoms with Crippen LogP contribution in [0.25, 0.3) is 11.0 Å². The number of aromatic nitrogens is 3. The van der Waals surface area contributed by atoms with Gasteiger partial charge >= 0.3 is 6.18 Å². The van der Waals surface area contributed by atoms with E-state index in [1.807, 2.05) is 42.5 Å². The van der Waals surface area contributed by atoms with Crippen LogP contribution in [-0.2, 0) is 18.1 Å². The number of anilines is 1. The quantitative estimate of drug-likeness (QED) is 0.178. The number of H-pyrrole nitrogens is 1. The first-order valence-corrected chi connectivity index (χ1v) is 13.2. The zero-order chi connectivity index (χ0) is 27.1. The lowest BCUT2D eigenvalue weighted by molar-refractivity contribution is -0.137. The molecule has 4 nitrogen and oxygen atoms in total. The highest BCUT2D eigenvalue weighted by atomic mass is 79.9. The van der Waals surface area contributed by atoms with E-state index >= 15 is 0 Å². The number of fused-ring (bicyclic) bond motifs is 1. The predicted octanol–water partition coefficient (Wildman–Crippen LogP) is 8.89. The van der Waals surface area contributed by atoms with Gasteiger partial charge in [-0.3, -0.25) is 4.98 Å². The lowest BCUT2D eigenvalue weighted by Crippen LogP contribution is -2.40. The van der Waals surface area contributed by atoms with Crippen molar-refractivity contribution in [2.45, 2.75) is 18.1 Å². The second-order valence-corrected chi connectivity index (χ2v) is 10.9. The third-order valence-electron chi connectivity index (χ3n) is 6.03. The molecule has 0 aliphatic heterocycles. The van der Waals surface area contributed by atoms with Gasteiger partial charge < -0.3 is 10.3 Å². The van der Waals surface area contributed by atoms with Crippen molar-refractivity contribution in [2.24, 2.45) is 0 Å². The van der Waals surface area contributed by atoms with Crippen LogP contribution in [0.2, 0.25) is 5.02 Å². The first kappa shape index (κ1) is 26.6. The van der Waals surface area contributed by atoms with Crippen LogP contribution in [-0.4, -0.2) is 15.0 Å². The van der Waals surface area contributed by atoms with E-state index in [4.69, 9.17) is 11.6 Å². The summed E-state index contributed by atoms with van der Waals surface area (Å²) in [4.78, 5) is 12.3. The summed E-state index contributed by atoms with van der Waals surface area (Å²) in [7, 11) is 0. The van der Waals surface area contributed by atoms with E-state index in [1.54, 1.807) is 12.1 Å². The number of halogens is 7. The smallest absolute Gasteiger partial charge is 0.340 e. The van der Waals surface area contributed by atoms with Crippen LogP contribution in [0.3, 0.4) is 0 Å². The summed E-state index contributed by atoms with van der Waals surface area (Å²) in [5.41, 5.74) is -0.211. The molecule has 0 saturated heterocycles. The number of imidazole rings is 1. The van der Waals surface area contributed by atoms with Gasteiger partial charge in [-0.1, -0.05) is 57.9 Å². The fourth-order valence-corrected chi connectivity index (χ4v) is 5.78. The average Bonchev–Trinajstić information content (AvgIpc) is 3.26. The third kappa shape index (κ3) is 5.43. The standard InChI is InChI=1S/C27H17Br2ClF4N4/c28-18-11-21(29)24-22(12-18)36-25(37-24)38-26(13-15-4-2-1-3-5-15,23-7-6-19(30)14-35-23)16-8-17(27(32,33)34)10-20(31)9-16/h1-12,14H,13H2,(H2,36,37,38)/t26-/m1/s1. The molecule has 2 N–H and O–H groups in total. The van der Waals surface area contributed by atoms with Gasteiger partial charge in [0.15, 0.2) is 0 Å². The molecule has 0 bridgehead atoms. The van der Waals surface area contributed by atoms with E-state index < -0.39 is 23.1 Å². The minimum absolute atomic E-state index is 0.0178. The number of rotatable bonds is 6.